The highest BCUT2D eigenvalue weighted by atomic mass is 16.2. The summed E-state index contributed by atoms with van der Waals surface area (Å²) in [7, 11) is 2.07. The lowest BCUT2D eigenvalue weighted by Crippen LogP contribution is -2.65. The van der Waals surface area contributed by atoms with E-state index in [0.29, 0.717) is 13.1 Å². The van der Waals surface area contributed by atoms with Gasteiger partial charge in [0.1, 0.15) is 6.04 Å². The van der Waals surface area contributed by atoms with E-state index in [1.165, 1.54) is 16.6 Å². The van der Waals surface area contributed by atoms with E-state index in [-0.39, 0.29) is 24.4 Å². The van der Waals surface area contributed by atoms with E-state index in [1.807, 2.05) is 12.1 Å². The van der Waals surface area contributed by atoms with Crippen molar-refractivity contribution < 1.29 is 9.59 Å². The van der Waals surface area contributed by atoms with E-state index in [0.717, 1.165) is 13.1 Å². The molecule has 0 aliphatic carbocycles. The molecule has 6 heteroatoms. The number of nitrogens with zero attached hydrogens (tertiary/aromatic N) is 3. The molecule has 3 heterocycles. The van der Waals surface area contributed by atoms with Gasteiger partial charge in [-0.1, -0.05) is 18.2 Å². The van der Waals surface area contributed by atoms with Gasteiger partial charge >= 0.3 is 0 Å². The molecule has 1 aromatic carbocycles. The van der Waals surface area contributed by atoms with Crippen molar-refractivity contribution in [2.75, 3.05) is 26.2 Å². The van der Waals surface area contributed by atoms with Crippen LogP contribution in [0.25, 0.3) is 10.9 Å². The second-order valence-electron chi connectivity index (χ2n) is 6.31. The molecule has 120 valence electrons. The lowest BCUT2D eigenvalue weighted by atomic mass is 10.1. The lowest BCUT2D eigenvalue weighted by molar-refractivity contribution is -0.149. The summed E-state index contributed by atoms with van der Waals surface area (Å²) in [5.74, 6) is -0.00908. The fourth-order valence-corrected chi connectivity index (χ4v) is 3.61. The fraction of sp³-hybridized carbons (Fsp3) is 0.412. The molecule has 23 heavy (non-hydrogen) atoms. The van der Waals surface area contributed by atoms with Crippen LogP contribution < -0.4 is 5.32 Å². The number of piperazine rings is 2. The molecule has 2 amide bonds. The summed E-state index contributed by atoms with van der Waals surface area (Å²) < 4.78 is 2.20. The average Bonchev–Trinajstić information content (AvgIpc) is 2.88. The lowest BCUT2D eigenvalue weighted by Gasteiger charge is -2.42. The van der Waals surface area contributed by atoms with Crippen LogP contribution in [0.1, 0.15) is 5.69 Å². The van der Waals surface area contributed by atoms with Gasteiger partial charge in [0, 0.05) is 44.4 Å². The number of hydrogen-bond acceptors (Lipinski definition) is 3. The zero-order valence-electron chi connectivity index (χ0n) is 13.2. The Bertz CT molecular complexity index is 782. The minimum atomic E-state index is -0.348. The Kier molecular flexibility index (Phi) is 3.34. The fourth-order valence-electron chi connectivity index (χ4n) is 3.61. The van der Waals surface area contributed by atoms with Crippen LogP contribution in [0.3, 0.4) is 0 Å². The number of carbonyl (C=O) groups is 2. The molecule has 1 atom stereocenters. The van der Waals surface area contributed by atoms with Crippen molar-refractivity contribution in [3.05, 3.63) is 36.0 Å². The molecule has 2 aliphatic rings. The summed E-state index contributed by atoms with van der Waals surface area (Å²) in [6, 6.07) is 10.2. The average molecular weight is 312 g/mol. The molecule has 6 nitrogen and oxygen atoms in total. The summed E-state index contributed by atoms with van der Waals surface area (Å²) in [6.45, 7) is 2.95. The van der Waals surface area contributed by atoms with Gasteiger partial charge in [0.25, 0.3) is 0 Å². The minimum Gasteiger partial charge on any atom is -0.346 e. The molecule has 1 unspecified atom stereocenters. The minimum absolute atomic E-state index is 0.0267. The number of aromatic nitrogens is 1. The van der Waals surface area contributed by atoms with Gasteiger partial charge in [-0.3, -0.25) is 14.5 Å². The molecule has 4 rings (SSSR count). The predicted molar refractivity (Wildman–Crippen MR) is 86.7 cm³/mol. The number of nitrogens with one attached hydrogen (secondary N) is 1. The van der Waals surface area contributed by atoms with Gasteiger partial charge in [0.05, 0.1) is 6.54 Å². The van der Waals surface area contributed by atoms with E-state index in [9.17, 15) is 9.59 Å². The first kappa shape index (κ1) is 14.3. The largest absolute Gasteiger partial charge is 0.346 e. The van der Waals surface area contributed by atoms with Crippen molar-refractivity contribution in [3.8, 4) is 0 Å². The Morgan fingerprint density at radius 3 is 2.87 bits per heavy atom. The Balaban J connectivity index is 1.54. The van der Waals surface area contributed by atoms with Crippen LogP contribution in [0.4, 0.5) is 0 Å². The van der Waals surface area contributed by atoms with Crippen molar-refractivity contribution in [1.82, 2.24) is 19.7 Å². The standard InChI is InChI=1S/C17H20N4O2/c1-19-13(8-12-4-2-3-5-14(12)19)10-20-6-7-21-15(11-20)17(23)18-9-16(21)22/h2-5,8,15H,6-7,9-11H2,1H3,(H,18,23). The third kappa shape index (κ3) is 2.39. The van der Waals surface area contributed by atoms with Crippen LogP contribution in [-0.2, 0) is 23.2 Å². The maximum Gasteiger partial charge on any atom is 0.244 e. The molecule has 1 aromatic heterocycles. The molecular formula is C17H20N4O2. The van der Waals surface area contributed by atoms with Crippen LogP contribution in [0.5, 0.6) is 0 Å². The van der Waals surface area contributed by atoms with E-state index >= 15 is 0 Å². The highest BCUT2D eigenvalue weighted by molar-refractivity contribution is 5.95. The molecular weight excluding hydrogens is 292 g/mol. The number of rotatable bonds is 2. The molecule has 2 aliphatic heterocycles. The van der Waals surface area contributed by atoms with Gasteiger partial charge in [-0.15, -0.1) is 0 Å². The number of carbonyl (C=O) groups excluding carboxylic acids is 2. The monoisotopic (exact) mass is 312 g/mol. The highest BCUT2D eigenvalue weighted by Crippen LogP contribution is 2.21. The number of fused-ring (bicyclic) bond motifs is 2. The van der Waals surface area contributed by atoms with Crippen molar-refractivity contribution in [3.63, 3.8) is 0 Å². The summed E-state index contributed by atoms with van der Waals surface area (Å²) in [5.41, 5.74) is 2.44. The van der Waals surface area contributed by atoms with E-state index in [1.54, 1.807) is 4.90 Å². The number of aryl methyl sites for hydroxylation is 1. The van der Waals surface area contributed by atoms with Crippen LogP contribution in [-0.4, -0.2) is 58.4 Å². The van der Waals surface area contributed by atoms with Crippen LogP contribution in [0, 0.1) is 0 Å². The van der Waals surface area contributed by atoms with Gasteiger partial charge in [-0.25, -0.2) is 0 Å². The summed E-state index contributed by atoms with van der Waals surface area (Å²) >= 11 is 0. The third-order valence-electron chi connectivity index (χ3n) is 4.94. The summed E-state index contributed by atoms with van der Waals surface area (Å²) in [6.07, 6.45) is 0. The Labute approximate surface area is 134 Å². The molecule has 0 bridgehead atoms. The molecule has 0 saturated carbocycles. The number of hydrogen-bond donors (Lipinski definition) is 1. The van der Waals surface area contributed by atoms with Gasteiger partial charge in [-0.05, 0) is 17.5 Å². The van der Waals surface area contributed by atoms with E-state index in [2.05, 4.69) is 40.0 Å². The first-order valence-corrected chi connectivity index (χ1v) is 7.96. The highest BCUT2D eigenvalue weighted by Gasteiger charge is 2.38. The third-order valence-corrected chi connectivity index (χ3v) is 4.94. The second-order valence-corrected chi connectivity index (χ2v) is 6.31. The maximum atomic E-state index is 12.0. The van der Waals surface area contributed by atoms with E-state index < -0.39 is 0 Å². The van der Waals surface area contributed by atoms with Crippen molar-refractivity contribution in [1.29, 1.82) is 0 Å². The normalized spacial score (nSPS) is 22.3. The summed E-state index contributed by atoms with van der Waals surface area (Å²) in [4.78, 5) is 27.9. The van der Waals surface area contributed by atoms with Crippen LogP contribution in [0.2, 0.25) is 0 Å². The van der Waals surface area contributed by atoms with Crippen molar-refractivity contribution in [2.45, 2.75) is 12.6 Å². The zero-order chi connectivity index (χ0) is 16.0. The van der Waals surface area contributed by atoms with Gasteiger partial charge in [0.2, 0.25) is 11.8 Å². The zero-order valence-corrected chi connectivity index (χ0v) is 13.2. The molecule has 2 aromatic rings. The van der Waals surface area contributed by atoms with Crippen molar-refractivity contribution in [2.24, 2.45) is 7.05 Å². The molecule has 2 saturated heterocycles. The molecule has 1 N–H and O–H groups in total. The Morgan fingerprint density at radius 1 is 1.22 bits per heavy atom. The quantitative estimate of drug-likeness (QED) is 0.869. The van der Waals surface area contributed by atoms with Gasteiger partial charge in [0.15, 0.2) is 0 Å². The van der Waals surface area contributed by atoms with Crippen molar-refractivity contribution >= 4 is 22.7 Å². The second kappa shape index (κ2) is 5.38. The van der Waals surface area contributed by atoms with Gasteiger partial charge in [-0.2, -0.15) is 0 Å². The van der Waals surface area contributed by atoms with Crippen LogP contribution >= 0.6 is 0 Å². The Morgan fingerprint density at radius 2 is 2.04 bits per heavy atom. The molecule has 0 radical (unpaired) electrons. The maximum absolute atomic E-state index is 12.0. The Hall–Kier alpha value is -2.34. The SMILES string of the molecule is Cn1c(CN2CCN3C(=O)CNC(=O)C3C2)cc2ccccc21. The van der Waals surface area contributed by atoms with Gasteiger partial charge < -0.3 is 14.8 Å². The molecule has 0 spiro atoms. The predicted octanol–water partition coefficient (Wildman–Crippen LogP) is 0.321. The number of benzene rings is 1. The molecule has 2 fully saturated rings. The topological polar surface area (TPSA) is 57.6 Å². The number of amides is 2. The first-order chi connectivity index (χ1) is 11.1. The first-order valence-electron chi connectivity index (χ1n) is 7.96. The smallest absolute Gasteiger partial charge is 0.244 e. The van der Waals surface area contributed by atoms with E-state index in [4.69, 9.17) is 0 Å². The van der Waals surface area contributed by atoms with Crippen LogP contribution in [0.15, 0.2) is 30.3 Å². The summed E-state index contributed by atoms with van der Waals surface area (Å²) in [5, 5.41) is 3.92. The number of para-hydroxylation sites is 1.